The molecule has 2 amide bonds. The largest absolute Gasteiger partial charge is 0.391 e. The molecule has 3 aliphatic carbocycles. The molecule has 3 fully saturated rings. The third kappa shape index (κ3) is 2.97. The zero-order valence-electron chi connectivity index (χ0n) is 11.1. The van der Waals surface area contributed by atoms with Crippen LogP contribution in [0.4, 0.5) is 4.79 Å². The average Bonchev–Trinajstić information content (AvgIpc) is 3.15. The number of carbonyl (C=O) groups is 1. The quantitative estimate of drug-likeness (QED) is 0.754. The van der Waals surface area contributed by atoms with Crippen LogP contribution in [0.3, 0.4) is 0 Å². The van der Waals surface area contributed by atoms with Crippen molar-refractivity contribution in [2.75, 3.05) is 13.6 Å². The number of aliphatic hydroxyl groups excluding tert-OH is 1. The van der Waals surface area contributed by atoms with E-state index < -0.39 is 0 Å². The highest BCUT2D eigenvalue weighted by Gasteiger charge is 2.42. The molecule has 0 aromatic carbocycles. The van der Waals surface area contributed by atoms with E-state index >= 15 is 0 Å². The predicted octanol–water partition coefficient (Wildman–Crippen LogP) is 1.59. The molecule has 0 spiro atoms. The molecule has 0 aromatic rings. The van der Waals surface area contributed by atoms with Crippen molar-refractivity contribution >= 4 is 6.03 Å². The summed E-state index contributed by atoms with van der Waals surface area (Å²) in [5.74, 6) is 1.88. The summed E-state index contributed by atoms with van der Waals surface area (Å²) < 4.78 is 0. The van der Waals surface area contributed by atoms with Gasteiger partial charge in [0.2, 0.25) is 0 Å². The smallest absolute Gasteiger partial charge is 0.317 e. The van der Waals surface area contributed by atoms with Crippen LogP contribution in [0.15, 0.2) is 0 Å². The van der Waals surface area contributed by atoms with Gasteiger partial charge in [-0.3, -0.25) is 0 Å². The first kappa shape index (κ1) is 12.3. The molecule has 1 unspecified atom stereocenters. The van der Waals surface area contributed by atoms with E-state index in [1.165, 1.54) is 25.7 Å². The number of hydrogen-bond donors (Lipinski definition) is 2. The van der Waals surface area contributed by atoms with Gasteiger partial charge in [0, 0.05) is 19.6 Å². The Bertz CT molecular complexity index is 310. The molecule has 102 valence electrons. The summed E-state index contributed by atoms with van der Waals surface area (Å²) in [6.07, 6.45) is 6.99. The lowest BCUT2D eigenvalue weighted by atomic mass is 10.1. The third-order valence-corrected chi connectivity index (χ3v) is 4.52. The van der Waals surface area contributed by atoms with Crippen molar-refractivity contribution < 1.29 is 9.90 Å². The zero-order valence-corrected chi connectivity index (χ0v) is 11.1. The number of urea groups is 1. The summed E-state index contributed by atoms with van der Waals surface area (Å²) in [4.78, 5) is 13.8. The lowest BCUT2D eigenvalue weighted by Crippen LogP contribution is -2.47. The van der Waals surface area contributed by atoms with Crippen molar-refractivity contribution in [2.24, 2.45) is 17.8 Å². The van der Waals surface area contributed by atoms with Gasteiger partial charge in [0.05, 0.1) is 6.10 Å². The fourth-order valence-corrected chi connectivity index (χ4v) is 2.78. The topological polar surface area (TPSA) is 52.6 Å². The van der Waals surface area contributed by atoms with Crippen molar-refractivity contribution in [3.8, 4) is 0 Å². The van der Waals surface area contributed by atoms with Crippen LogP contribution in [0.2, 0.25) is 0 Å². The van der Waals surface area contributed by atoms with Crippen LogP contribution in [0.25, 0.3) is 0 Å². The molecule has 3 saturated carbocycles. The van der Waals surface area contributed by atoms with Crippen LogP contribution in [0.5, 0.6) is 0 Å². The summed E-state index contributed by atoms with van der Waals surface area (Å²) in [5, 5.41) is 13.0. The van der Waals surface area contributed by atoms with Gasteiger partial charge >= 0.3 is 6.03 Å². The van der Waals surface area contributed by atoms with Crippen molar-refractivity contribution in [1.29, 1.82) is 0 Å². The molecule has 1 atom stereocenters. The summed E-state index contributed by atoms with van der Waals surface area (Å²) in [6, 6.07) is 0.400. The van der Waals surface area contributed by atoms with E-state index in [-0.39, 0.29) is 12.1 Å². The first-order valence-electron chi connectivity index (χ1n) is 7.35. The van der Waals surface area contributed by atoms with Gasteiger partial charge in [-0.25, -0.2) is 4.79 Å². The second-order valence-corrected chi connectivity index (χ2v) is 6.44. The minimum atomic E-state index is -0.332. The van der Waals surface area contributed by atoms with E-state index in [1.807, 2.05) is 0 Å². The molecule has 3 aliphatic rings. The third-order valence-electron chi connectivity index (χ3n) is 4.52. The SMILES string of the molecule is CN(CC(O)C1CC1)C(=O)NC(C1CC1)C1CC1. The minimum absolute atomic E-state index is 0.00139. The van der Waals surface area contributed by atoms with Crippen LogP contribution in [0, 0.1) is 17.8 Å². The predicted molar refractivity (Wildman–Crippen MR) is 69.1 cm³/mol. The molecule has 0 bridgehead atoms. The van der Waals surface area contributed by atoms with Crippen LogP contribution in [-0.2, 0) is 0 Å². The normalized spacial score (nSPS) is 25.1. The highest BCUT2D eigenvalue weighted by Crippen LogP contribution is 2.44. The van der Waals surface area contributed by atoms with E-state index in [1.54, 1.807) is 11.9 Å². The number of hydrogen-bond acceptors (Lipinski definition) is 2. The molecule has 0 aromatic heterocycles. The number of carbonyl (C=O) groups excluding carboxylic acids is 1. The second kappa shape index (κ2) is 4.72. The molecule has 2 N–H and O–H groups in total. The van der Waals surface area contributed by atoms with E-state index in [2.05, 4.69) is 5.32 Å². The highest BCUT2D eigenvalue weighted by molar-refractivity contribution is 5.74. The van der Waals surface area contributed by atoms with Crippen molar-refractivity contribution in [2.45, 2.75) is 50.7 Å². The summed E-state index contributed by atoms with van der Waals surface area (Å²) in [5.41, 5.74) is 0. The average molecular weight is 252 g/mol. The van der Waals surface area contributed by atoms with Gasteiger partial charge in [0.25, 0.3) is 0 Å². The minimum Gasteiger partial charge on any atom is -0.391 e. The van der Waals surface area contributed by atoms with Crippen LogP contribution < -0.4 is 5.32 Å². The zero-order chi connectivity index (χ0) is 12.7. The number of likely N-dealkylation sites (N-methyl/N-ethyl adjacent to an activating group) is 1. The van der Waals surface area contributed by atoms with E-state index in [0.29, 0.717) is 18.5 Å². The maximum atomic E-state index is 12.1. The van der Waals surface area contributed by atoms with Crippen LogP contribution in [-0.4, -0.2) is 41.8 Å². The van der Waals surface area contributed by atoms with Gasteiger partial charge in [-0.2, -0.15) is 0 Å². The Kier molecular flexibility index (Phi) is 3.22. The monoisotopic (exact) mass is 252 g/mol. The molecule has 18 heavy (non-hydrogen) atoms. The number of nitrogens with zero attached hydrogens (tertiary/aromatic N) is 1. The highest BCUT2D eigenvalue weighted by atomic mass is 16.3. The Labute approximate surface area is 109 Å². The van der Waals surface area contributed by atoms with Gasteiger partial charge < -0.3 is 15.3 Å². The Morgan fingerprint density at radius 1 is 1.17 bits per heavy atom. The molecule has 4 heteroatoms. The van der Waals surface area contributed by atoms with Crippen LogP contribution >= 0.6 is 0 Å². The fraction of sp³-hybridized carbons (Fsp3) is 0.929. The number of amides is 2. The molecule has 4 nitrogen and oxygen atoms in total. The molecular formula is C14H24N2O2. The molecule has 0 heterocycles. The summed E-state index contributed by atoms with van der Waals surface area (Å²) >= 11 is 0. The Morgan fingerprint density at radius 3 is 2.11 bits per heavy atom. The van der Waals surface area contributed by atoms with Gasteiger partial charge in [0.15, 0.2) is 0 Å². The van der Waals surface area contributed by atoms with Crippen molar-refractivity contribution in [1.82, 2.24) is 10.2 Å². The van der Waals surface area contributed by atoms with E-state index in [0.717, 1.165) is 24.7 Å². The van der Waals surface area contributed by atoms with Gasteiger partial charge in [-0.15, -0.1) is 0 Å². The van der Waals surface area contributed by atoms with E-state index in [9.17, 15) is 9.90 Å². The van der Waals surface area contributed by atoms with Gasteiger partial charge in [-0.05, 0) is 56.3 Å². The molecule has 3 rings (SSSR count). The Morgan fingerprint density at radius 2 is 1.67 bits per heavy atom. The number of rotatable bonds is 6. The lowest BCUT2D eigenvalue weighted by molar-refractivity contribution is 0.112. The van der Waals surface area contributed by atoms with E-state index in [4.69, 9.17) is 0 Å². The Balaban J connectivity index is 1.46. The van der Waals surface area contributed by atoms with Crippen molar-refractivity contribution in [3.05, 3.63) is 0 Å². The van der Waals surface area contributed by atoms with Crippen LogP contribution in [0.1, 0.15) is 38.5 Å². The molecule has 0 aliphatic heterocycles. The summed E-state index contributed by atoms with van der Waals surface area (Å²) in [7, 11) is 1.79. The fourth-order valence-electron chi connectivity index (χ4n) is 2.78. The van der Waals surface area contributed by atoms with Gasteiger partial charge in [-0.1, -0.05) is 0 Å². The molecular weight excluding hydrogens is 228 g/mol. The molecule has 0 radical (unpaired) electrons. The summed E-state index contributed by atoms with van der Waals surface area (Å²) in [6.45, 7) is 0.471. The first-order valence-corrected chi connectivity index (χ1v) is 7.35. The first-order chi connectivity index (χ1) is 8.65. The lowest BCUT2D eigenvalue weighted by Gasteiger charge is -2.25. The van der Waals surface area contributed by atoms with Gasteiger partial charge in [0.1, 0.15) is 0 Å². The maximum Gasteiger partial charge on any atom is 0.317 e. The van der Waals surface area contributed by atoms with Crippen molar-refractivity contribution in [3.63, 3.8) is 0 Å². The maximum absolute atomic E-state index is 12.1. The number of nitrogens with one attached hydrogen (secondary N) is 1. The molecule has 0 saturated heterocycles. The standard InChI is InChI=1S/C14H24N2O2/c1-16(8-12(17)9-2-3-9)14(18)15-13(10-4-5-10)11-6-7-11/h9-13,17H,2-8H2,1H3,(H,15,18). The number of aliphatic hydroxyl groups is 1. The second-order valence-electron chi connectivity index (χ2n) is 6.44. The Hall–Kier alpha value is -0.770.